The second-order valence-electron chi connectivity index (χ2n) is 5.69. The van der Waals surface area contributed by atoms with Crippen LogP contribution in [0.4, 0.5) is 10.8 Å². The summed E-state index contributed by atoms with van der Waals surface area (Å²) in [6.07, 6.45) is 1.67. The summed E-state index contributed by atoms with van der Waals surface area (Å²) in [6, 6.07) is 13.7. The zero-order chi connectivity index (χ0) is 19.2. The molecule has 8 heteroatoms. The first-order chi connectivity index (χ1) is 13.0. The van der Waals surface area contributed by atoms with Crippen molar-refractivity contribution in [1.82, 2.24) is 9.90 Å². The van der Waals surface area contributed by atoms with Gasteiger partial charge in [0.15, 0.2) is 5.11 Å². The minimum atomic E-state index is -0.524. The first-order valence-corrected chi connectivity index (χ1v) is 8.90. The van der Waals surface area contributed by atoms with E-state index in [1.807, 2.05) is 32.0 Å². The Morgan fingerprint density at radius 2 is 1.81 bits per heavy atom. The maximum Gasteiger partial charge on any atom is 0.360 e. The monoisotopic (exact) mass is 378 g/mol. The molecule has 134 valence electrons. The zero-order valence-corrected chi connectivity index (χ0v) is 15.5. The molecule has 1 aromatic heterocycles. The molecule has 0 radical (unpaired) electrons. The lowest BCUT2D eigenvalue weighted by molar-refractivity contribution is 0.0991. The Kier molecular flexibility index (Phi) is 5.61. The Morgan fingerprint density at radius 1 is 1.07 bits per heavy atom. The summed E-state index contributed by atoms with van der Waals surface area (Å²) in [7, 11) is 0. The highest BCUT2D eigenvalue weighted by Gasteiger charge is 2.12. The number of amides is 2. The van der Waals surface area contributed by atoms with Crippen molar-refractivity contribution < 1.29 is 9.59 Å². The van der Waals surface area contributed by atoms with Crippen molar-refractivity contribution in [2.24, 2.45) is 10.2 Å². The molecular formula is C19H16N5O2S+. The fraction of sp³-hybridized carbons (Fsp3) is 0.105. The summed E-state index contributed by atoms with van der Waals surface area (Å²) < 4.78 is 0. The van der Waals surface area contributed by atoms with Gasteiger partial charge in [-0.3, -0.25) is 9.59 Å². The number of aryl methyl sites for hydroxylation is 2. The molecule has 1 N–H and O–H groups in total. The van der Waals surface area contributed by atoms with Crippen LogP contribution in [-0.2, 0) is 0 Å². The van der Waals surface area contributed by atoms with Crippen LogP contribution < -0.4 is 10.2 Å². The second-order valence-corrected chi connectivity index (χ2v) is 6.91. The zero-order valence-electron chi connectivity index (χ0n) is 14.7. The fourth-order valence-electron chi connectivity index (χ4n) is 2.27. The van der Waals surface area contributed by atoms with Crippen LogP contribution in [0.15, 0.2) is 65.0 Å². The summed E-state index contributed by atoms with van der Waals surface area (Å²) in [5.74, 6) is -0.729. The molecule has 0 aliphatic heterocycles. The van der Waals surface area contributed by atoms with Gasteiger partial charge in [0, 0.05) is 27.9 Å². The van der Waals surface area contributed by atoms with E-state index in [-0.39, 0.29) is 5.91 Å². The highest BCUT2D eigenvalue weighted by molar-refractivity contribution is 7.15. The minimum Gasteiger partial charge on any atom is -0.322 e. The Labute approximate surface area is 159 Å². The van der Waals surface area contributed by atoms with E-state index in [0.717, 1.165) is 10.4 Å². The Morgan fingerprint density at radius 3 is 2.48 bits per heavy atom. The third kappa shape index (κ3) is 4.78. The lowest BCUT2D eigenvalue weighted by atomic mass is 10.1. The fourth-order valence-corrected chi connectivity index (χ4v) is 2.85. The summed E-state index contributed by atoms with van der Waals surface area (Å²) in [5, 5.41) is 10.6. The number of hydrogen-bond acceptors (Lipinski definition) is 5. The molecule has 0 saturated heterocycles. The first kappa shape index (κ1) is 18.3. The van der Waals surface area contributed by atoms with Crippen LogP contribution in [0, 0.1) is 13.8 Å². The van der Waals surface area contributed by atoms with E-state index in [1.165, 1.54) is 11.3 Å². The van der Waals surface area contributed by atoms with Crippen molar-refractivity contribution in [3.8, 4) is 0 Å². The molecule has 0 atom stereocenters. The largest absolute Gasteiger partial charge is 0.360 e. The SMILES string of the molecule is Cc1cnc(N=[N+]=NC(=O)c2ccc(NC(=O)c3ccccc3C)cc2)s1. The van der Waals surface area contributed by atoms with Gasteiger partial charge in [-0.25, -0.2) is 4.98 Å². The predicted molar refractivity (Wildman–Crippen MR) is 103 cm³/mol. The molecule has 0 spiro atoms. The Balaban J connectivity index is 1.66. The van der Waals surface area contributed by atoms with Crippen molar-refractivity contribution >= 4 is 34.0 Å². The van der Waals surface area contributed by atoms with E-state index in [2.05, 4.69) is 25.4 Å². The number of thiazole rings is 1. The van der Waals surface area contributed by atoms with E-state index in [1.54, 1.807) is 36.5 Å². The molecule has 0 saturated carbocycles. The highest BCUT2D eigenvalue weighted by Crippen LogP contribution is 2.18. The van der Waals surface area contributed by atoms with E-state index in [4.69, 9.17) is 0 Å². The number of carbonyl (C=O) groups excluding carboxylic acids is 2. The second kappa shape index (κ2) is 8.27. The van der Waals surface area contributed by atoms with E-state index >= 15 is 0 Å². The Bertz CT molecular complexity index is 1050. The van der Waals surface area contributed by atoms with Gasteiger partial charge >= 0.3 is 5.91 Å². The third-order valence-corrected chi connectivity index (χ3v) is 4.45. The number of benzene rings is 2. The molecule has 0 bridgehead atoms. The number of carbonyl (C=O) groups is 2. The molecule has 3 rings (SSSR count). The molecule has 0 unspecified atom stereocenters. The molecular weight excluding hydrogens is 362 g/mol. The summed E-state index contributed by atoms with van der Waals surface area (Å²) >= 11 is 1.36. The average Bonchev–Trinajstić information content (AvgIpc) is 3.07. The standard InChI is InChI=1S/C19H15N5O2S/c1-12-5-3-4-6-16(12)18(26)21-15-9-7-14(8-10-15)17(25)22-24-23-19-20-11-13(2)27-19/h3-11H,1-2H3/p+1. The maximum absolute atomic E-state index is 12.3. The predicted octanol–water partition coefficient (Wildman–Crippen LogP) is 4.46. The highest BCUT2D eigenvalue weighted by atomic mass is 32.1. The van der Waals surface area contributed by atoms with Crippen LogP contribution in [0.3, 0.4) is 0 Å². The van der Waals surface area contributed by atoms with E-state index in [9.17, 15) is 9.59 Å². The Hall–Kier alpha value is -3.48. The van der Waals surface area contributed by atoms with Gasteiger partial charge in [0.2, 0.25) is 10.0 Å². The topological polar surface area (TPSA) is 97.9 Å². The van der Waals surface area contributed by atoms with Gasteiger partial charge in [0.25, 0.3) is 11.0 Å². The molecule has 2 aromatic carbocycles. The van der Waals surface area contributed by atoms with Crippen LogP contribution in [-0.4, -0.2) is 16.8 Å². The van der Waals surface area contributed by atoms with Crippen molar-refractivity contribution in [1.29, 1.82) is 0 Å². The van der Waals surface area contributed by atoms with Crippen LogP contribution in [0.2, 0.25) is 0 Å². The minimum absolute atomic E-state index is 0.204. The molecule has 0 aliphatic carbocycles. The van der Waals surface area contributed by atoms with Gasteiger partial charge in [0.1, 0.15) is 0 Å². The molecule has 0 fully saturated rings. The van der Waals surface area contributed by atoms with Gasteiger partial charge in [-0.15, -0.1) is 0 Å². The van der Waals surface area contributed by atoms with Crippen LogP contribution >= 0.6 is 11.3 Å². The lowest BCUT2D eigenvalue weighted by Gasteiger charge is -2.07. The summed E-state index contributed by atoms with van der Waals surface area (Å²) in [4.78, 5) is 32.8. The van der Waals surface area contributed by atoms with Gasteiger partial charge in [0.05, 0.1) is 0 Å². The molecule has 1 heterocycles. The quantitative estimate of drug-likeness (QED) is 0.536. The summed E-state index contributed by atoms with van der Waals surface area (Å²) in [5.41, 5.74) is 2.42. The van der Waals surface area contributed by atoms with Crippen molar-refractivity contribution in [2.75, 3.05) is 5.32 Å². The maximum atomic E-state index is 12.3. The number of nitrogens with zero attached hydrogens (tertiary/aromatic N) is 4. The van der Waals surface area contributed by atoms with Crippen LogP contribution in [0.5, 0.6) is 0 Å². The molecule has 0 aliphatic rings. The molecule has 3 aromatic rings. The average molecular weight is 378 g/mol. The van der Waals surface area contributed by atoms with Gasteiger partial charge in [-0.05, 0) is 49.7 Å². The molecule has 27 heavy (non-hydrogen) atoms. The van der Waals surface area contributed by atoms with E-state index in [0.29, 0.717) is 21.9 Å². The van der Waals surface area contributed by atoms with Gasteiger partial charge < -0.3 is 5.32 Å². The number of rotatable bonds is 4. The van der Waals surface area contributed by atoms with E-state index < -0.39 is 5.91 Å². The van der Waals surface area contributed by atoms with Crippen LogP contribution in [0.1, 0.15) is 31.2 Å². The van der Waals surface area contributed by atoms with Crippen molar-refractivity contribution in [3.05, 3.63) is 76.3 Å². The normalized spacial score (nSPS) is 10.0. The van der Waals surface area contributed by atoms with Gasteiger partial charge in [-0.2, -0.15) is 0 Å². The number of nitrogens with one attached hydrogen (secondary N) is 1. The van der Waals surface area contributed by atoms with Crippen molar-refractivity contribution in [3.63, 3.8) is 0 Å². The molecule has 2 amide bonds. The number of hydrogen-bond donors (Lipinski definition) is 1. The number of anilines is 1. The summed E-state index contributed by atoms with van der Waals surface area (Å²) in [6.45, 7) is 3.78. The third-order valence-electron chi connectivity index (χ3n) is 3.65. The first-order valence-electron chi connectivity index (χ1n) is 8.08. The molecule has 7 nitrogen and oxygen atoms in total. The number of aromatic nitrogens is 1. The van der Waals surface area contributed by atoms with Gasteiger partial charge in [-0.1, -0.05) is 29.5 Å². The van der Waals surface area contributed by atoms with Crippen LogP contribution in [0.25, 0.3) is 0 Å². The lowest BCUT2D eigenvalue weighted by Crippen LogP contribution is -2.13. The smallest absolute Gasteiger partial charge is 0.322 e. The van der Waals surface area contributed by atoms with Crippen molar-refractivity contribution in [2.45, 2.75) is 13.8 Å².